The van der Waals surface area contributed by atoms with Gasteiger partial charge >= 0.3 is 12.1 Å². The Bertz CT molecular complexity index is 750. The van der Waals surface area contributed by atoms with E-state index in [1.165, 1.54) is 38.3 Å². The Morgan fingerprint density at radius 1 is 1.25 bits per heavy atom. The molecule has 128 valence electrons. The van der Waals surface area contributed by atoms with E-state index in [1.807, 2.05) is 0 Å². The van der Waals surface area contributed by atoms with E-state index in [1.54, 1.807) is 0 Å². The minimum atomic E-state index is -4.42. The molecule has 24 heavy (non-hydrogen) atoms. The highest BCUT2D eigenvalue weighted by molar-refractivity contribution is 5.98. The van der Waals surface area contributed by atoms with Gasteiger partial charge in [-0.25, -0.2) is 4.79 Å². The van der Waals surface area contributed by atoms with Crippen molar-refractivity contribution in [2.24, 2.45) is 5.16 Å². The second kappa shape index (κ2) is 7.20. The van der Waals surface area contributed by atoms with Crippen LogP contribution in [0.15, 0.2) is 46.0 Å². The molecule has 0 spiro atoms. The van der Waals surface area contributed by atoms with Gasteiger partial charge < -0.3 is 14.0 Å². The number of nitrogens with zero attached hydrogens (tertiary/aromatic N) is 1. The molecular weight excluding hydrogens is 327 g/mol. The molecule has 0 fully saturated rings. The van der Waals surface area contributed by atoms with Gasteiger partial charge in [-0.2, -0.15) is 13.2 Å². The molecule has 5 nitrogen and oxygen atoms in total. The average Bonchev–Trinajstić information content (AvgIpc) is 3.02. The van der Waals surface area contributed by atoms with Crippen molar-refractivity contribution in [3.05, 3.63) is 59.0 Å². The lowest BCUT2D eigenvalue weighted by atomic mass is 10.1. The molecule has 2 rings (SSSR count). The number of halogens is 3. The summed E-state index contributed by atoms with van der Waals surface area (Å²) in [6.45, 7) is 1.45. The first-order chi connectivity index (χ1) is 11.3. The van der Waals surface area contributed by atoms with Crippen LogP contribution >= 0.6 is 0 Å². The fourth-order valence-electron chi connectivity index (χ4n) is 1.83. The fraction of sp³-hybridized carbons (Fsp3) is 0.250. The lowest BCUT2D eigenvalue weighted by Crippen LogP contribution is -2.06. The molecule has 1 aromatic heterocycles. The van der Waals surface area contributed by atoms with Crippen molar-refractivity contribution >= 4 is 11.7 Å². The quantitative estimate of drug-likeness (QED) is 0.468. The summed E-state index contributed by atoms with van der Waals surface area (Å²) in [5, 5.41) is 3.76. The van der Waals surface area contributed by atoms with Crippen LogP contribution in [-0.4, -0.2) is 18.8 Å². The molecule has 0 radical (unpaired) electrons. The normalized spacial score (nSPS) is 12.1. The number of esters is 1. The van der Waals surface area contributed by atoms with Gasteiger partial charge in [0.1, 0.15) is 5.76 Å². The summed E-state index contributed by atoms with van der Waals surface area (Å²) in [7, 11) is 1.23. The molecule has 1 heterocycles. The Balaban J connectivity index is 2.02. The van der Waals surface area contributed by atoms with Crippen LogP contribution in [-0.2, 0) is 22.4 Å². The summed E-state index contributed by atoms with van der Waals surface area (Å²) < 4.78 is 47.7. The first-order valence-electron chi connectivity index (χ1n) is 6.82. The van der Waals surface area contributed by atoms with E-state index in [9.17, 15) is 18.0 Å². The molecule has 0 aliphatic rings. The average molecular weight is 341 g/mol. The Labute approximate surface area is 135 Å². The summed E-state index contributed by atoms with van der Waals surface area (Å²) >= 11 is 0. The molecule has 1 aromatic carbocycles. The molecular formula is C16H14F3NO4. The van der Waals surface area contributed by atoms with Crippen molar-refractivity contribution in [1.29, 1.82) is 0 Å². The van der Waals surface area contributed by atoms with Crippen molar-refractivity contribution in [2.75, 3.05) is 7.11 Å². The molecule has 0 aliphatic carbocycles. The Morgan fingerprint density at radius 2 is 2.00 bits per heavy atom. The van der Waals surface area contributed by atoms with Crippen LogP contribution < -0.4 is 0 Å². The number of carbonyl (C=O) groups is 1. The van der Waals surface area contributed by atoms with Crippen molar-refractivity contribution in [3.63, 3.8) is 0 Å². The topological polar surface area (TPSA) is 61.0 Å². The number of rotatable bonds is 5. The zero-order chi connectivity index (χ0) is 17.7. The van der Waals surface area contributed by atoms with Crippen molar-refractivity contribution < 1.29 is 32.0 Å². The largest absolute Gasteiger partial charge is 0.463 e. The van der Waals surface area contributed by atoms with Gasteiger partial charge in [-0.3, -0.25) is 0 Å². The monoisotopic (exact) mass is 341 g/mol. The van der Waals surface area contributed by atoms with E-state index < -0.39 is 17.7 Å². The van der Waals surface area contributed by atoms with Gasteiger partial charge in [0, 0.05) is 0 Å². The van der Waals surface area contributed by atoms with Crippen LogP contribution in [0.4, 0.5) is 13.2 Å². The maximum absolute atomic E-state index is 12.7. The van der Waals surface area contributed by atoms with Crippen LogP contribution in [0.1, 0.15) is 34.4 Å². The number of alkyl halides is 3. The first-order valence-corrected chi connectivity index (χ1v) is 6.82. The Kier molecular flexibility index (Phi) is 5.28. The minimum absolute atomic E-state index is 0.0229. The summed E-state index contributed by atoms with van der Waals surface area (Å²) in [5.74, 6) is -0.268. The van der Waals surface area contributed by atoms with Crippen molar-refractivity contribution in [2.45, 2.75) is 19.7 Å². The lowest BCUT2D eigenvalue weighted by molar-refractivity contribution is -0.137. The summed E-state index contributed by atoms with van der Waals surface area (Å²) in [6, 6.07) is 7.71. The highest BCUT2D eigenvalue weighted by Crippen LogP contribution is 2.29. The summed E-state index contributed by atoms with van der Waals surface area (Å²) in [4.78, 5) is 16.3. The zero-order valence-electron chi connectivity index (χ0n) is 12.9. The molecule has 0 unspecified atom stereocenters. The highest BCUT2D eigenvalue weighted by atomic mass is 19.4. The predicted molar refractivity (Wildman–Crippen MR) is 78.5 cm³/mol. The van der Waals surface area contributed by atoms with E-state index in [0.717, 1.165) is 12.1 Å². The second-order valence-corrected chi connectivity index (χ2v) is 4.79. The van der Waals surface area contributed by atoms with E-state index >= 15 is 0 Å². The third-order valence-corrected chi connectivity index (χ3v) is 3.06. The number of hydrogen-bond donors (Lipinski definition) is 0. The zero-order valence-corrected chi connectivity index (χ0v) is 12.9. The van der Waals surface area contributed by atoms with Crippen LogP contribution in [0.2, 0.25) is 0 Å². The van der Waals surface area contributed by atoms with Gasteiger partial charge in [0.05, 0.1) is 18.4 Å². The van der Waals surface area contributed by atoms with E-state index in [4.69, 9.17) is 9.25 Å². The van der Waals surface area contributed by atoms with Crippen LogP contribution in [0.3, 0.4) is 0 Å². The Morgan fingerprint density at radius 3 is 2.67 bits per heavy atom. The Hall–Kier alpha value is -2.77. The van der Waals surface area contributed by atoms with Crippen LogP contribution in [0.25, 0.3) is 0 Å². The van der Waals surface area contributed by atoms with E-state index in [2.05, 4.69) is 9.89 Å². The van der Waals surface area contributed by atoms with E-state index in [0.29, 0.717) is 11.3 Å². The summed E-state index contributed by atoms with van der Waals surface area (Å²) in [6.07, 6.45) is -4.42. The van der Waals surface area contributed by atoms with E-state index in [-0.39, 0.29) is 18.1 Å². The fourth-order valence-corrected chi connectivity index (χ4v) is 1.83. The molecule has 2 aromatic rings. The number of hydrogen-bond acceptors (Lipinski definition) is 5. The molecule has 0 N–H and O–H groups in total. The molecule has 0 saturated carbocycles. The van der Waals surface area contributed by atoms with Crippen molar-refractivity contribution in [1.82, 2.24) is 0 Å². The molecule has 0 aliphatic heterocycles. The highest BCUT2D eigenvalue weighted by Gasteiger charge is 2.30. The third-order valence-electron chi connectivity index (χ3n) is 3.06. The summed E-state index contributed by atoms with van der Waals surface area (Å²) in [5.41, 5.74) is -0.191. The van der Waals surface area contributed by atoms with Gasteiger partial charge in [0.25, 0.3) is 0 Å². The number of ether oxygens (including phenoxy) is 1. The van der Waals surface area contributed by atoms with Crippen LogP contribution in [0.5, 0.6) is 0 Å². The van der Waals surface area contributed by atoms with Crippen LogP contribution in [0, 0.1) is 0 Å². The minimum Gasteiger partial charge on any atom is -0.463 e. The van der Waals surface area contributed by atoms with Gasteiger partial charge in [-0.1, -0.05) is 17.3 Å². The molecule has 0 atom stereocenters. The first kappa shape index (κ1) is 17.6. The maximum atomic E-state index is 12.7. The molecule has 8 heteroatoms. The molecule has 0 bridgehead atoms. The predicted octanol–water partition coefficient (Wildman–Crippen LogP) is 4.03. The second-order valence-electron chi connectivity index (χ2n) is 4.79. The maximum Gasteiger partial charge on any atom is 0.416 e. The smallest absolute Gasteiger partial charge is 0.416 e. The number of methoxy groups -OCH3 is 1. The molecule has 0 amide bonds. The van der Waals surface area contributed by atoms with Crippen molar-refractivity contribution in [3.8, 4) is 0 Å². The lowest BCUT2D eigenvalue weighted by Gasteiger charge is -2.08. The van der Waals surface area contributed by atoms with Gasteiger partial charge in [-0.05, 0) is 36.8 Å². The number of furan rings is 1. The standard InChI is InChI=1S/C16H14F3NO4/c1-10(11-4-3-5-12(8-11)16(17,18)19)20-23-9-13-6-7-14(24-13)15(21)22-2/h3-8H,9H2,1-2H3. The van der Waals surface area contributed by atoms with Gasteiger partial charge in [0.2, 0.25) is 5.76 Å². The SMILES string of the molecule is COC(=O)c1ccc(CON=C(C)c2cccc(C(F)(F)F)c2)o1. The number of oxime groups is 1. The van der Waals surface area contributed by atoms with Gasteiger partial charge in [0.15, 0.2) is 6.61 Å². The van der Waals surface area contributed by atoms with Gasteiger partial charge in [-0.15, -0.1) is 0 Å². The molecule has 0 saturated heterocycles. The number of benzene rings is 1. The third kappa shape index (κ3) is 4.37. The number of carbonyl (C=O) groups excluding carboxylic acids is 1.